The minimum absolute atomic E-state index is 0.267. The quantitative estimate of drug-likeness (QED) is 0.224. The van der Waals surface area contributed by atoms with Crippen LogP contribution in [0.25, 0.3) is 10.9 Å². The van der Waals surface area contributed by atoms with Crippen molar-refractivity contribution in [2.45, 2.75) is 19.6 Å². The van der Waals surface area contributed by atoms with E-state index in [1.54, 1.807) is 18.2 Å². The van der Waals surface area contributed by atoms with Gasteiger partial charge in [0.2, 0.25) is 0 Å². The van der Waals surface area contributed by atoms with Gasteiger partial charge < -0.3 is 19.2 Å². The second-order valence-electron chi connectivity index (χ2n) is 8.61. The maximum absolute atomic E-state index is 12.4. The maximum Gasteiger partial charge on any atom is 0.529 e. The van der Waals surface area contributed by atoms with Gasteiger partial charge in [-0.15, -0.1) is 0 Å². The number of ether oxygens (including phenoxy) is 2. The molecule has 2 heterocycles. The fourth-order valence-corrected chi connectivity index (χ4v) is 4.71. The number of hydrogen-bond donors (Lipinski definition) is 1. The van der Waals surface area contributed by atoms with Crippen molar-refractivity contribution in [1.29, 1.82) is 0 Å². The number of hydrogen-bond acceptors (Lipinski definition) is 8. The molecule has 198 valence electrons. The number of nitrogens with one attached hydrogen (secondary N) is 1. The van der Waals surface area contributed by atoms with Crippen LogP contribution >= 0.6 is 23.2 Å². The molecule has 0 radical (unpaired) electrons. The molecule has 11 heteroatoms. The Balaban J connectivity index is 1.23. The third-order valence-electron chi connectivity index (χ3n) is 6.24. The van der Waals surface area contributed by atoms with Gasteiger partial charge in [0.15, 0.2) is 6.73 Å². The zero-order chi connectivity index (χ0) is 26.2. The molecule has 0 spiro atoms. The van der Waals surface area contributed by atoms with Gasteiger partial charge in [-0.05, 0) is 55.1 Å². The molecule has 0 unspecified atom stereocenters. The van der Waals surface area contributed by atoms with Crippen LogP contribution in [0.15, 0.2) is 53.3 Å². The van der Waals surface area contributed by atoms with Crippen molar-refractivity contribution in [3.05, 3.63) is 68.9 Å². The number of fused-ring (bicyclic) bond motifs is 1. The number of rotatable bonds is 10. The number of benzene rings is 2. The van der Waals surface area contributed by atoms with E-state index in [2.05, 4.69) is 20.1 Å². The summed E-state index contributed by atoms with van der Waals surface area (Å²) in [4.78, 5) is 33.1. The molecule has 0 aliphatic carbocycles. The van der Waals surface area contributed by atoms with E-state index in [4.69, 9.17) is 32.7 Å². The van der Waals surface area contributed by atoms with Crippen molar-refractivity contribution < 1.29 is 19.1 Å². The molecule has 37 heavy (non-hydrogen) atoms. The number of aromatic nitrogens is 1. The molecule has 3 aromatic rings. The van der Waals surface area contributed by atoms with Gasteiger partial charge in [0.1, 0.15) is 5.75 Å². The highest BCUT2D eigenvalue weighted by molar-refractivity contribution is 6.43. The van der Waals surface area contributed by atoms with E-state index in [9.17, 15) is 9.59 Å². The van der Waals surface area contributed by atoms with Crippen molar-refractivity contribution in [3.63, 3.8) is 0 Å². The van der Waals surface area contributed by atoms with Crippen molar-refractivity contribution >= 4 is 45.9 Å². The summed E-state index contributed by atoms with van der Waals surface area (Å²) in [5.41, 5.74) is 3.55. The molecule has 1 N–H and O–H groups in total. The summed E-state index contributed by atoms with van der Waals surface area (Å²) < 4.78 is 12.3. The summed E-state index contributed by atoms with van der Waals surface area (Å²) >= 11 is 12.5. The summed E-state index contributed by atoms with van der Waals surface area (Å²) in [6.45, 7) is 5.05. The van der Waals surface area contributed by atoms with Crippen LogP contribution in [0.3, 0.4) is 0 Å². The summed E-state index contributed by atoms with van der Waals surface area (Å²) in [7, 11) is 1.44. The topological polar surface area (TPSA) is 85.3 Å². The molecule has 0 bridgehead atoms. The second-order valence-corrected chi connectivity index (χ2v) is 9.39. The fraction of sp³-hybridized carbons (Fsp3) is 0.385. The van der Waals surface area contributed by atoms with Gasteiger partial charge >= 0.3 is 6.16 Å². The first-order valence-electron chi connectivity index (χ1n) is 12.1. The maximum atomic E-state index is 12.4. The largest absolute Gasteiger partial charge is 0.529 e. The Morgan fingerprint density at radius 1 is 1.03 bits per heavy atom. The van der Waals surface area contributed by atoms with Crippen LogP contribution in [0.5, 0.6) is 5.75 Å². The first-order valence-corrected chi connectivity index (χ1v) is 12.9. The van der Waals surface area contributed by atoms with E-state index >= 15 is 0 Å². The van der Waals surface area contributed by atoms with Crippen LogP contribution in [-0.2, 0) is 16.3 Å². The average Bonchev–Trinajstić information content (AvgIpc) is 2.90. The highest BCUT2D eigenvalue weighted by Crippen LogP contribution is 2.32. The molecular formula is C26H30Cl2N4O5. The van der Waals surface area contributed by atoms with Gasteiger partial charge in [0, 0.05) is 45.4 Å². The van der Waals surface area contributed by atoms with Gasteiger partial charge in [0.25, 0.3) is 5.56 Å². The first-order chi connectivity index (χ1) is 18.0. The monoisotopic (exact) mass is 548 g/mol. The number of carbonyl (C=O) groups is 1. The van der Waals surface area contributed by atoms with Crippen LogP contribution in [0.2, 0.25) is 10.0 Å². The van der Waals surface area contributed by atoms with Crippen LogP contribution in [0, 0.1) is 0 Å². The average molecular weight is 549 g/mol. The molecular weight excluding hydrogens is 519 g/mol. The minimum Gasteiger partial charge on any atom is -0.494 e. The zero-order valence-corrected chi connectivity index (χ0v) is 22.1. The Hall–Kier alpha value is -2.98. The summed E-state index contributed by atoms with van der Waals surface area (Å²) in [5, 5.41) is 2.03. The van der Waals surface area contributed by atoms with Gasteiger partial charge in [-0.25, -0.2) is 4.79 Å². The number of halogens is 2. The molecule has 1 aromatic heterocycles. The third kappa shape index (κ3) is 7.07. The number of pyridine rings is 1. The first kappa shape index (κ1) is 27.1. The Bertz CT molecular complexity index is 1280. The van der Waals surface area contributed by atoms with Crippen LogP contribution in [0.4, 0.5) is 10.5 Å². The Kier molecular flexibility index (Phi) is 9.51. The van der Waals surface area contributed by atoms with Crippen LogP contribution in [0.1, 0.15) is 12.8 Å². The Morgan fingerprint density at radius 2 is 1.81 bits per heavy atom. The van der Waals surface area contributed by atoms with Gasteiger partial charge in [0.05, 0.1) is 27.9 Å². The number of carbonyl (C=O) groups excluding carboxylic acids is 1. The van der Waals surface area contributed by atoms with Crippen molar-refractivity contribution in [2.75, 3.05) is 51.3 Å². The van der Waals surface area contributed by atoms with Crippen molar-refractivity contribution in [2.24, 2.45) is 0 Å². The van der Waals surface area contributed by atoms with E-state index in [-0.39, 0.29) is 12.3 Å². The zero-order valence-electron chi connectivity index (χ0n) is 20.6. The molecule has 0 saturated carbocycles. The number of nitrogens with zero attached hydrogens (tertiary/aromatic N) is 3. The number of unbranched alkanes of at least 4 members (excludes halogenated alkanes) is 1. The predicted molar refractivity (Wildman–Crippen MR) is 145 cm³/mol. The summed E-state index contributed by atoms with van der Waals surface area (Å²) in [6, 6.07) is 14.4. The van der Waals surface area contributed by atoms with E-state index in [0.717, 1.165) is 56.6 Å². The van der Waals surface area contributed by atoms with Crippen LogP contribution in [-0.4, -0.2) is 62.0 Å². The molecule has 0 atom stereocenters. The van der Waals surface area contributed by atoms with Gasteiger partial charge in [-0.2, -0.15) is 5.48 Å². The molecule has 1 aliphatic heterocycles. The standard InChI is InChI=1S/C26H30Cl2N4O5/c1-29-37-26(34)36-18-32-23-17-20(9-7-19(23)8-10-24(32)33)35-16-3-2-11-30-12-14-31(15-13-30)22-6-4-5-21(27)25(22)28/h4-10,17,29H,2-3,11-16,18H2,1H3. The van der Waals surface area contributed by atoms with E-state index in [0.29, 0.717) is 27.9 Å². The third-order valence-corrected chi connectivity index (χ3v) is 7.05. The van der Waals surface area contributed by atoms with Crippen LogP contribution < -0.4 is 20.7 Å². The van der Waals surface area contributed by atoms with Gasteiger partial charge in [-0.1, -0.05) is 29.3 Å². The molecule has 1 fully saturated rings. The second kappa shape index (κ2) is 13.0. The SMILES string of the molecule is CNOC(=O)OCn1c(=O)ccc2ccc(OCCCCN3CCN(c4cccc(Cl)c4Cl)CC3)cc21. The molecule has 1 aliphatic rings. The van der Waals surface area contributed by atoms with E-state index in [1.165, 1.54) is 17.7 Å². The lowest BCUT2D eigenvalue weighted by Crippen LogP contribution is -2.46. The number of piperazine rings is 1. The summed E-state index contributed by atoms with van der Waals surface area (Å²) in [5.74, 6) is 0.650. The predicted octanol–water partition coefficient (Wildman–Crippen LogP) is 4.53. The lowest BCUT2D eigenvalue weighted by Gasteiger charge is -2.36. The number of hydroxylamine groups is 1. The van der Waals surface area contributed by atoms with Crippen molar-refractivity contribution in [1.82, 2.24) is 14.9 Å². The van der Waals surface area contributed by atoms with E-state index in [1.807, 2.05) is 24.3 Å². The number of anilines is 1. The molecule has 0 amide bonds. The smallest absolute Gasteiger partial charge is 0.494 e. The molecule has 9 nitrogen and oxygen atoms in total. The fourth-order valence-electron chi connectivity index (χ4n) is 4.30. The summed E-state index contributed by atoms with van der Waals surface area (Å²) in [6.07, 6.45) is 0.991. The van der Waals surface area contributed by atoms with E-state index < -0.39 is 6.16 Å². The lowest BCUT2D eigenvalue weighted by molar-refractivity contribution is 0.00716. The Labute approximate surface area is 225 Å². The Morgan fingerprint density at radius 3 is 2.59 bits per heavy atom. The minimum atomic E-state index is -0.923. The highest BCUT2D eigenvalue weighted by Gasteiger charge is 2.19. The molecule has 4 rings (SSSR count). The van der Waals surface area contributed by atoms with Gasteiger partial charge in [-0.3, -0.25) is 14.3 Å². The highest BCUT2D eigenvalue weighted by atomic mass is 35.5. The molecule has 1 saturated heterocycles. The molecule has 2 aromatic carbocycles. The van der Waals surface area contributed by atoms with Crippen molar-refractivity contribution in [3.8, 4) is 5.75 Å². The lowest BCUT2D eigenvalue weighted by atomic mass is 10.2. The normalized spacial score (nSPS) is 14.1.